The minimum absolute atomic E-state index is 0.0389. The number of nitrogens with one attached hydrogen (secondary N) is 1. The van der Waals surface area contributed by atoms with Crippen LogP contribution in [-0.4, -0.2) is 63.1 Å². The van der Waals surface area contributed by atoms with E-state index in [9.17, 15) is 18.0 Å². The van der Waals surface area contributed by atoms with Gasteiger partial charge in [0.05, 0.1) is 30.0 Å². The first kappa shape index (κ1) is 20.6. The molecule has 1 aliphatic carbocycles. The Morgan fingerprint density at radius 3 is 2.72 bits per heavy atom. The van der Waals surface area contributed by atoms with E-state index in [2.05, 4.69) is 25.4 Å². The number of anilines is 2. The zero-order valence-corrected chi connectivity index (χ0v) is 17.1. The van der Waals surface area contributed by atoms with Crippen molar-refractivity contribution in [2.45, 2.75) is 25.4 Å². The summed E-state index contributed by atoms with van der Waals surface area (Å²) < 4.78 is 47.7. The molecule has 1 saturated heterocycles. The smallest absolute Gasteiger partial charge is 0.287 e. The van der Waals surface area contributed by atoms with Gasteiger partial charge in [-0.1, -0.05) is 0 Å². The van der Waals surface area contributed by atoms with Crippen LogP contribution in [0.15, 0.2) is 24.5 Å². The molecular weight excluding hydrogens is 427 g/mol. The number of carbonyl (C=O) groups excluding carboxylic acids is 1. The molecule has 168 valence electrons. The summed E-state index contributed by atoms with van der Waals surface area (Å²) in [6.45, 7) is 2.99. The van der Waals surface area contributed by atoms with Gasteiger partial charge in [-0.2, -0.15) is 13.5 Å². The molecule has 1 aliphatic heterocycles. The maximum Gasteiger partial charge on any atom is 0.287 e. The van der Waals surface area contributed by atoms with Crippen LogP contribution >= 0.6 is 0 Å². The number of halogens is 3. The summed E-state index contributed by atoms with van der Waals surface area (Å²) >= 11 is 0. The molecule has 2 aliphatic rings. The normalized spacial score (nSPS) is 21.1. The average molecular weight is 447 g/mol. The van der Waals surface area contributed by atoms with Gasteiger partial charge in [-0.3, -0.25) is 4.79 Å². The van der Waals surface area contributed by atoms with E-state index in [1.54, 1.807) is 6.07 Å². The Morgan fingerprint density at radius 1 is 1.28 bits per heavy atom. The van der Waals surface area contributed by atoms with Gasteiger partial charge >= 0.3 is 0 Å². The van der Waals surface area contributed by atoms with Crippen molar-refractivity contribution in [1.29, 1.82) is 0 Å². The molecular formula is C20H20F3N7O2. The second-order valence-electron chi connectivity index (χ2n) is 7.90. The summed E-state index contributed by atoms with van der Waals surface area (Å²) in [5.74, 6) is -3.53. The van der Waals surface area contributed by atoms with Gasteiger partial charge in [0.15, 0.2) is 5.82 Å². The summed E-state index contributed by atoms with van der Waals surface area (Å²) in [7, 11) is 0. The van der Waals surface area contributed by atoms with Crippen molar-refractivity contribution in [3.8, 4) is 5.95 Å². The predicted octanol–water partition coefficient (Wildman–Crippen LogP) is 2.46. The predicted molar refractivity (Wildman–Crippen MR) is 109 cm³/mol. The van der Waals surface area contributed by atoms with Crippen molar-refractivity contribution in [1.82, 2.24) is 24.7 Å². The molecule has 1 amide bonds. The Hall–Kier alpha value is -3.28. The molecule has 1 saturated carbocycles. The highest BCUT2D eigenvalue weighted by atomic mass is 19.3. The third-order valence-electron chi connectivity index (χ3n) is 5.44. The van der Waals surface area contributed by atoms with E-state index in [0.29, 0.717) is 43.0 Å². The molecule has 9 nitrogen and oxygen atoms in total. The Labute approximate surface area is 180 Å². The lowest BCUT2D eigenvalue weighted by atomic mass is 10.2. The van der Waals surface area contributed by atoms with E-state index >= 15 is 0 Å². The zero-order chi connectivity index (χ0) is 22.5. The molecule has 0 bridgehead atoms. The van der Waals surface area contributed by atoms with Crippen LogP contribution in [0.5, 0.6) is 0 Å². The van der Waals surface area contributed by atoms with E-state index in [1.807, 2.05) is 4.90 Å². The lowest BCUT2D eigenvalue weighted by Crippen LogP contribution is -2.36. The number of ether oxygens (including phenoxy) is 1. The first-order valence-electron chi connectivity index (χ1n) is 10.2. The van der Waals surface area contributed by atoms with E-state index in [0.717, 1.165) is 13.0 Å². The van der Waals surface area contributed by atoms with Crippen molar-refractivity contribution in [3.05, 3.63) is 30.2 Å². The molecule has 3 aromatic rings. The number of carbonyl (C=O) groups is 1. The number of rotatable bonds is 5. The lowest BCUT2D eigenvalue weighted by Gasteiger charge is -2.26. The number of pyridine rings is 1. The van der Waals surface area contributed by atoms with Gasteiger partial charge in [0.2, 0.25) is 5.91 Å². The van der Waals surface area contributed by atoms with Crippen LogP contribution in [0.2, 0.25) is 0 Å². The van der Waals surface area contributed by atoms with Gasteiger partial charge in [-0.05, 0) is 12.5 Å². The first-order valence-corrected chi connectivity index (χ1v) is 10.2. The van der Waals surface area contributed by atoms with Crippen LogP contribution < -0.4 is 10.2 Å². The number of hydrogen-bond acceptors (Lipinski definition) is 7. The van der Waals surface area contributed by atoms with Gasteiger partial charge in [0.1, 0.15) is 17.7 Å². The van der Waals surface area contributed by atoms with Crippen LogP contribution in [0.4, 0.5) is 24.8 Å². The van der Waals surface area contributed by atoms with Crippen LogP contribution in [0, 0.1) is 5.92 Å². The van der Waals surface area contributed by atoms with Gasteiger partial charge < -0.3 is 15.0 Å². The highest BCUT2D eigenvalue weighted by Gasteiger charge is 2.43. The van der Waals surface area contributed by atoms with Crippen LogP contribution in [0.1, 0.15) is 19.0 Å². The molecule has 12 heteroatoms. The summed E-state index contributed by atoms with van der Waals surface area (Å²) in [5, 5.41) is 7.83. The van der Waals surface area contributed by atoms with Gasteiger partial charge in [-0.25, -0.2) is 19.3 Å². The number of hydrogen-bond donors (Lipinski definition) is 1. The number of fused-ring (bicyclic) bond motifs is 1. The van der Waals surface area contributed by atoms with Crippen LogP contribution in [0.25, 0.3) is 16.9 Å². The molecule has 2 atom stereocenters. The van der Waals surface area contributed by atoms with Crippen molar-refractivity contribution in [2.24, 2.45) is 5.92 Å². The minimum Gasteiger partial charge on any atom is -0.378 e. The van der Waals surface area contributed by atoms with E-state index in [1.165, 1.54) is 17.1 Å². The summed E-state index contributed by atoms with van der Waals surface area (Å²) in [5.41, 5.74) is 0.0327. The third-order valence-corrected chi connectivity index (χ3v) is 5.44. The second-order valence-corrected chi connectivity index (χ2v) is 7.90. The molecule has 0 radical (unpaired) electrons. The van der Waals surface area contributed by atoms with Crippen LogP contribution in [-0.2, 0) is 15.5 Å². The van der Waals surface area contributed by atoms with Gasteiger partial charge in [-0.15, -0.1) is 5.10 Å². The first-order chi connectivity index (χ1) is 15.3. The quantitative estimate of drug-likeness (QED) is 0.642. The van der Waals surface area contributed by atoms with E-state index < -0.39 is 29.6 Å². The molecule has 0 aromatic carbocycles. The zero-order valence-electron chi connectivity index (χ0n) is 17.1. The van der Waals surface area contributed by atoms with Crippen molar-refractivity contribution in [2.75, 3.05) is 36.5 Å². The average Bonchev–Trinajstić information content (AvgIpc) is 3.40. The van der Waals surface area contributed by atoms with Crippen molar-refractivity contribution >= 4 is 28.4 Å². The highest BCUT2D eigenvalue weighted by Crippen LogP contribution is 2.35. The number of amides is 1. The van der Waals surface area contributed by atoms with Crippen molar-refractivity contribution in [3.63, 3.8) is 0 Å². The number of aromatic nitrogens is 5. The molecule has 2 unspecified atom stereocenters. The fraction of sp³-hybridized carbons (Fsp3) is 0.450. The highest BCUT2D eigenvalue weighted by molar-refractivity contribution is 5.97. The fourth-order valence-electron chi connectivity index (χ4n) is 3.57. The monoisotopic (exact) mass is 447 g/mol. The van der Waals surface area contributed by atoms with Gasteiger partial charge in [0, 0.05) is 38.5 Å². The van der Waals surface area contributed by atoms with Crippen LogP contribution in [0.3, 0.4) is 0 Å². The summed E-state index contributed by atoms with van der Waals surface area (Å²) in [6.07, 6.45) is 1.84. The molecule has 0 spiro atoms. The Balaban J connectivity index is 1.59. The topological polar surface area (TPSA) is 98.1 Å². The third kappa shape index (κ3) is 3.85. The Bertz CT molecular complexity index is 1170. The summed E-state index contributed by atoms with van der Waals surface area (Å²) in [6, 6.07) is 2.70. The standard InChI is InChI=1S/C20H20F3N7O2/c1-20(22,23)15-2-3-24-19(26-15)30-14-9-16(27-18(31)11-8-13(11)21)25-10-12(14)17(28-30)29-4-6-32-7-5-29/h2-3,9-11,13H,4-8H2,1H3,(H,25,27,31). The lowest BCUT2D eigenvalue weighted by molar-refractivity contribution is -0.117. The maximum atomic E-state index is 13.9. The number of alkyl halides is 3. The van der Waals surface area contributed by atoms with Crippen molar-refractivity contribution < 1.29 is 22.7 Å². The maximum absolute atomic E-state index is 13.9. The molecule has 5 rings (SSSR count). The van der Waals surface area contributed by atoms with Gasteiger partial charge in [0.25, 0.3) is 11.9 Å². The van der Waals surface area contributed by atoms with E-state index in [-0.39, 0.29) is 18.2 Å². The fourth-order valence-corrected chi connectivity index (χ4v) is 3.57. The molecule has 32 heavy (non-hydrogen) atoms. The Morgan fingerprint density at radius 2 is 2.03 bits per heavy atom. The van der Waals surface area contributed by atoms with E-state index in [4.69, 9.17) is 4.74 Å². The second kappa shape index (κ2) is 7.69. The molecule has 2 fully saturated rings. The largest absolute Gasteiger partial charge is 0.378 e. The minimum atomic E-state index is -3.15. The SMILES string of the molecule is CC(F)(F)c1ccnc(-n2nc(N3CCOCC3)c3cnc(NC(=O)C4CC4F)cc32)n1. The number of nitrogens with zero attached hydrogens (tertiary/aromatic N) is 6. The molecule has 1 N–H and O–H groups in total. The summed E-state index contributed by atoms with van der Waals surface area (Å²) in [4.78, 5) is 26.5. The molecule has 4 heterocycles. The molecule has 3 aromatic heterocycles. The number of morpholine rings is 1. The Kier molecular flexibility index (Phi) is 4.96.